The minimum Gasteiger partial charge on any atom is -0.268 e. The van der Waals surface area contributed by atoms with Crippen molar-refractivity contribution in [1.29, 1.82) is 0 Å². The molecule has 1 aromatic carbocycles. The normalized spacial score (nSPS) is 12.4. The Balaban J connectivity index is 3.01. The van der Waals surface area contributed by atoms with Crippen LogP contribution in [0.2, 0.25) is 10.0 Å². The zero-order valence-corrected chi connectivity index (χ0v) is 14.7. The molecule has 0 atom stereocenters. The van der Waals surface area contributed by atoms with Gasteiger partial charge >= 0.3 is 0 Å². The molecule has 0 aliphatic heterocycles. The van der Waals surface area contributed by atoms with Crippen molar-refractivity contribution in [3.8, 4) is 0 Å². The third-order valence-electron chi connectivity index (χ3n) is 2.59. The van der Waals surface area contributed by atoms with Crippen molar-refractivity contribution in [1.82, 2.24) is 4.72 Å². The lowest BCUT2D eigenvalue weighted by molar-refractivity contribution is 0.579. The van der Waals surface area contributed by atoms with E-state index in [1.165, 1.54) is 25.1 Å². The van der Waals surface area contributed by atoms with Gasteiger partial charge in [-0.1, -0.05) is 23.2 Å². The van der Waals surface area contributed by atoms with Crippen LogP contribution in [-0.4, -0.2) is 41.9 Å². The first-order valence-corrected chi connectivity index (χ1v) is 10.2. The van der Waals surface area contributed by atoms with Crippen LogP contribution in [0.5, 0.6) is 0 Å². The van der Waals surface area contributed by atoms with Crippen LogP contribution < -0.4 is 9.03 Å². The molecular formula is C11H16Cl2N2O4S2. The molecule has 0 aromatic heterocycles. The Morgan fingerprint density at radius 1 is 1.19 bits per heavy atom. The molecule has 0 spiro atoms. The van der Waals surface area contributed by atoms with Crippen molar-refractivity contribution in [3.05, 3.63) is 28.2 Å². The standard InChI is InChI=1S/C11H16Cl2N2O4S2/c1-3-21(18,19)14-6-7-15(20(2,16)17)11-8-9(12)4-5-10(11)13/h4-5,8,14H,3,6-7H2,1-2H3. The fraction of sp³-hybridized carbons (Fsp3) is 0.455. The number of hydrogen-bond donors (Lipinski definition) is 1. The monoisotopic (exact) mass is 374 g/mol. The van der Waals surface area contributed by atoms with Gasteiger partial charge in [0.05, 0.1) is 22.7 Å². The molecule has 1 rings (SSSR count). The highest BCUT2D eigenvalue weighted by Crippen LogP contribution is 2.30. The first kappa shape index (κ1) is 18.5. The van der Waals surface area contributed by atoms with Crippen molar-refractivity contribution in [2.45, 2.75) is 6.92 Å². The van der Waals surface area contributed by atoms with Crippen LogP contribution in [0.3, 0.4) is 0 Å². The molecule has 1 N–H and O–H groups in total. The molecule has 0 heterocycles. The summed E-state index contributed by atoms with van der Waals surface area (Å²) < 4.78 is 49.8. The second-order valence-electron chi connectivity index (χ2n) is 4.23. The Bertz CT molecular complexity index is 705. The zero-order valence-electron chi connectivity index (χ0n) is 11.5. The van der Waals surface area contributed by atoms with Gasteiger partial charge in [0.2, 0.25) is 20.0 Å². The van der Waals surface area contributed by atoms with Gasteiger partial charge in [-0.3, -0.25) is 4.31 Å². The number of sulfonamides is 2. The maximum Gasteiger partial charge on any atom is 0.232 e. The quantitative estimate of drug-likeness (QED) is 0.786. The third-order valence-corrected chi connectivity index (χ3v) is 5.73. The number of nitrogens with one attached hydrogen (secondary N) is 1. The Morgan fingerprint density at radius 3 is 2.33 bits per heavy atom. The van der Waals surface area contributed by atoms with Crippen LogP contribution in [0.15, 0.2) is 18.2 Å². The lowest BCUT2D eigenvalue weighted by Crippen LogP contribution is -2.38. The highest BCUT2D eigenvalue weighted by molar-refractivity contribution is 7.92. The summed E-state index contributed by atoms with van der Waals surface area (Å²) >= 11 is 11.8. The summed E-state index contributed by atoms with van der Waals surface area (Å²) in [5.74, 6) is -0.0796. The second-order valence-corrected chi connectivity index (χ2v) is 9.07. The van der Waals surface area contributed by atoms with Crippen LogP contribution >= 0.6 is 23.2 Å². The summed E-state index contributed by atoms with van der Waals surface area (Å²) in [6.45, 7) is 1.34. The fourth-order valence-corrected chi connectivity index (χ4v) is 3.52. The van der Waals surface area contributed by atoms with E-state index in [2.05, 4.69) is 4.72 Å². The van der Waals surface area contributed by atoms with Gasteiger partial charge < -0.3 is 0 Å². The van der Waals surface area contributed by atoms with Gasteiger partial charge in [-0.15, -0.1) is 0 Å². The largest absolute Gasteiger partial charge is 0.268 e. The third kappa shape index (κ3) is 5.63. The van der Waals surface area contributed by atoms with E-state index in [0.717, 1.165) is 10.6 Å². The zero-order chi connectivity index (χ0) is 16.3. The average molecular weight is 375 g/mol. The highest BCUT2D eigenvalue weighted by atomic mass is 35.5. The Labute approximate surface area is 135 Å². The molecule has 0 unspecified atom stereocenters. The van der Waals surface area contributed by atoms with Gasteiger partial charge in [-0.25, -0.2) is 21.6 Å². The highest BCUT2D eigenvalue weighted by Gasteiger charge is 2.20. The minimum absolute atomic E-state index is 0.0634. The second kappa shape index (κ2) is 7.15. The summed E-state index contributed by atoms with van der Waals surface area (Å²) in [5, 5.41) is 0.542. The van der Waals surface area contributed by atoms with E-state index in [0.29, 0.717) is 5.02 Å². The summed E-state index contributed by atoms with van der Waals surface area (Å²) in [4.78, 5) is 0. The van der Waals surface area contributed by atoms with E-state index in [-0.39, 0.29) is 29.6 Å². The van der Waals surface area contributed by atoms with Crippen LogP contribution in [0.25, 0.3) is 0 Å². The first-order valence-electron chi connectivity index (χ1n) is 5.97. The van der Waals surface area contributed by atoms with E-state index in [9.17, 15) is 16.8 Å². The van der Waals surface area contributed by atoms with Crippen LogP contribution in [0.1, 0.15) is 6.92 Å². The molecule has 1 aromatic rings. The molecule has 0 saturated carbocycles. The molecular weight excluding hydrogens is 359 g/mol. The summed E-state index contributed by atoms with van der Waals surface area (Å²) in [7, 11) is -7.02. The van der Waals surface area contributed by atoms with Gasteiger partial charge in [0.25, 0.3) is 0 Å². The summed E-state index contributed by atoms with van der Waals surface area (Å²) in [6, 6.07) is 4.43. The number of nitrogens with zero attached hydrogens (tertiary/aromatic N) is 1. The molecule has 21 heavy (non-hydrogen) atoms. The lowest BCUT2D eigenvalue weighted by Gasteiger charge is -2.23. The number of anilines is 1. The SMILES string of the molecule is CCS(=O)(=O)NCCN(c1cc(Cl)ccc1Cl)S(C)(=O)=O. The maximum absolute atomic E-state index is 11.9. The van der Waals surface area contributed by atoms with E-state index in [4.69, 9.17) is 23.2 Å². The van der Waals surface area contributed by atoms with Gasteiger partial charge in [-0.05, 0) is 25.1 Å². The smallest absolute Gasteiger partial charge is 0.232 e. The van der Waals surface area contributed by atoms with Crippen molar-refractivity contribution < 1.29 is 16.8 Å². The predicted octanol–water partition coefficient (Wildman–Crippen LogP) is 1.70. The summed E-state index contributed by atoms with van der Waals surface area (Å²) in [5.41, 5.74) is 0.211. The van der Waals surface area contributed by atoms with Crippen LogP contribution in [0.4, 0.5) is 5.69 Å². The molecule has 0 radical (unpaired) electrons. The van der Waals surface area contributed by atoms with Gasteiger partial charge in [0.1, 0.15) is 0 Å². The fourth-order valence-electron chi connectivity index (χ4n) is 1.55. The van der Waals surface area contributed by atoms with E-state index in [1.807, 2.05) is 0 Å². The van der Waals surface area contributed by atoms with E-state index in [1.54, 1.807) is 0 Å². The Morgan fingerprint density at radius 2 is 1.81 bits per heavy atom. The topological polar surface area (TPSA) is 83.6 Å². The Hall–Kier alpha value is -0.540. The predicted molar refractivity (Wildman–Crippen MR) is 86.1 cm³/mol. The van der Waals surface area contributed by atoms with Crippen molar-refractivity contribution in [2.75, 3.05) is 29.4 Å². The van der Waals surface area contributed by atoms with Gasteiger partial charge in [0, 0.05) is 18.1 Å². The number of halogens is 2. The van der Waals surface area contributed by atoms with E-state index < -0.39 is 20.0 Å². The lowest BCUT2D eigenvalue weighted by atomic mass is 10.3. The van der Waals surface area contributed by atoms with Gasteiger partial charge in [-0.2, -0.15) is 0 Å². The summed E-state index contributed by atoms with van der Waals surface area (Å²) in [6.07, 6.45) is 1.01. The Kier molecular flexibility index (Phi) is 6.30. The molecule has 0 amide bonds. The van der Waals surface area contributed by atoms with E-state index >= 15 is 0 Å². The molecule has 10 heteroatoms. The molecule has 6 nitrogen and oxygen atoms in total. The number of benzene rings is 1. The first-order chi connectivity index (χ1) is 9.57. The molecule has 0 aliphatic carbocycles. The number of rotatable bonds is 7. The average Bonchev–Trinajstić information content (AvgIpc) is 2.36. The molecule has 0 aliphatic rings. The van der Waals surface area contributed by atoms with Crippen molar-refractivity contribution in [3.63, 3.8) is 0 Å². The van der Waals surface area contributed by atoms with Crippen molar-refractivity contribution in [2.24, 2.45) is 0 Å². The van der Waals surface area contributed by atoms with Crippen LogP contribution in [-0.2, 0) is 20.0 Å². The minimum atomic E-state index is -3.63. The maximum atomic E-state index is 11.9. The molecule has 0 bridgehead atoms. The molecule has 120 valence electrons. The van der Waals surface area contributed by atoms with Crippen molar-refractivity contribution >= 4 is 48.9 Å². The van der Waals surface area contributed by atoms with Crippen LogP contribution in [0, 0.1) is 0 Å². The molecule has 0 saturated heterocycles. The number of hydrogen-bond acceptors (Lipinski definition) is 4. The molecule has 0 fully saturated rings. The van der Waals surface area contributed by atoms with Gasteiger partial charge in [0.15, 0.2) is 0 Å².